The van der Waals surface area contributed by atoms with Crippen LogP contribution in [0.25, 0.3) is 0 Å². The minimum absolute atomic E-state index is 0.481. The fourth-order valence-electron chi connectivity index (χ4n) is 2.57. The quantitative estimate of drug-likeness (QED) is 0.846. The Balaban J connectivity index is 2.08. The van der Waals surface area contributed by atoms with Gasteiger partial charge in [0.15, 0.2) is 0 Å². The van der Waals surface area contributed by atoms with Gasteiger partial charge in [0.25, 0.3) is 0 Å². The average molecular weight is 312 g/mol. The van der Waals surface area contributed by atoms with Gasteiger partial charge in [-0.15, -0.1) is 0 Å². The van der Waals surface area contributed by atoms with Gasteiger partial charge in [-0.2, -0.15) is 23.5 Å². The van der Waals surface area contributed by atoms with Gasteiger partial charge < -0.3 is 11.1 Å². The molecule has 3 nitrogen and oxygen atoms in total. The highest BCUT2D eigenvalue weighted by Gasteiger charge is 2.30. The number of aromatic nitrogens is 1. The largest absolute Gasteiger partial charge is 0.398 e. The molecule has 0 aromatic carbocycles. The highest BCUT2D eigenvalue weighted by Crippen LogP contribution is 2.34. The van der Waals surface area contributed by atoms with Gasteiger partial charge in [0.1, 0.15) is 0 Å². The summed E-state index contributed by atoms with van der Waals surface area (Å²) in [7, 11) is 0. The van der Waals surface area contributed by atoms with Crippen molar-refractivity contribution in [2.24, 2.45) is 0 Å². The summed E-state index contributed by atoms with van der Waals surface area (Å²) < 4.78 is 0. The molecule has 0 radical (unpaired) electrons. The molecular formula is C15H25N3S2. The van der Waals surface area contributed by atoms with Crippen molar-refractivity contribution in [1.29, 1.82) is 0 Å². The van der Waals surface area contributed by atoms with Gasteiger partial charge in [-0.3, -0.25) is 4.98 Å². The van der Waals surface area contributed by atoms with E-state index in [9.17, 15) is 0 Å². The van der Waals surface area contributed by atoms with Crippen molar-refractivity contribution in [1.82, 2.24) is 10.3 Å². The second-order valence-electron chi connectivity index (χ2n) is 5.25. The first-order valence-corrected chi connectivity index (χ1v) is 9.47. The zero-order chi connectivity index (χ0) is 14.4. The number of pyridine rings is 1. The molecular weight excluding hydrogens is 286 g/mol. The average Bonchev–Trinajstić information content (AvgIpc) is 2.46. The molecule has 1 aliphatic rings. The number of thioether (sulfide) groups is 2. The second kappa shape index (κ2) is 8.15. The van der Waals surface area contributed by atoms with E-state index in [2.05, 4.69) is 47.7 Å². The molecule has 20 heavy (non-hydrogen) atoms. The molecule has 1 aromatic heterocycles. The van der Waals surface area contributed by atoms with Crippen LogP contribution in [-0.2, 0) is 6.42 Å². The molecule has 3 N–H and O–H groups in total. The van der Waals surface area contributed by atoms with Crippen LogP contribution < -0.4 is 11.1 Å². The molecule has 0 saturated carbocycles. The summed E-state index contributed by atoms with van der Waals surface area (Å²) in [5.74, 6) is 2.53. The van der Waals surface area contributed by atoms with Gasteiger partial charge >= 0.3 is 0 Å². The fourth-order valence-corrected chi connectivity index (χ4v) is 5.53. The van der Waals surface area contributed by atoms with E-state index in [4.69, 9.17) is 5.73 Å². The van der Waals surface area contributed by atoms with E-state index in [1.807, 2.05) is 12.3 Å². The van der Waals surface area contributed by atoms with Crippen LogP contribution in [0.15, 0.2) is 18.5 Å². The summed E-state index contributed by atoms with van der Waals surface area (Å²) >= 11 is 4.21. The fraction of sp³-hybridized carbons (Fsp3) is 0.667. The summed E-state index contributed by atoms with van der Waals surface area (Å²) in [6.45, 7) is 5.64. The maximum absolute atomic E-state index is 6.08. The van der Waals surface area contributed by atoms with E-state index in [0.29, 0.717) is 16.5 Å². The number of nitrogens with one attached hydrogen (secondary N) is 1. The van der Waals surface area contributed by atoms with E-state index in [0.717, 1.165) is 25.1 Å². The van der Waals surface area contributed by atoms with Crippen LogP contribution >= 0.6 is 23.5 Å². The second-order valence-corrected chi connectivity index (χ2v) is 8.02. The minimum Gasteiger partial charge on any atom is -0.398 e. The van der Waals surface area contributed by atoms with Crippen molar-refractivity contribution >= 4 is 29.2 Å². The molecule has 1 fully saturated rings. The topological polar surface area (TPSA) is 50.9 Å². The number of nitrogens with zero attached hydrogens (tertiary/aromatic N) is 1. The van der Waals surface area contributed by atoms with Gasteiger partial charge in [-0.25, -0.2) is 0 Å². The van der Waals surface area contributed by atoms with Crippen molar-refractivity contribution in [2.45, 2.75) is 43.2 Å². The normalized spacial score (nSPS) is 24.5. The predicted octanol–water partition coefficient (Wildman–Crippen LogP) is 2.81. The Morgan fingerprint density at radius 3 is 2.95 bits per heavy atom. The Morgan fingerprint density at radius 1 is 1.45 bits per heavy atom. The molecule has 0 amide bonds. The summed E-state index contributed by atoms with van der Waals surface area (Å²) in [5, 5.41) is 5.08. The van der Waals surface area contributed by atoms with Crippen LogP contribution in [0.3, 0.4) is 0 Å². The smallest absolute Gasteiger partial charge is 0.0378 e. The SMILES string of the molecule is CCCNC(Cc1cnccc1N)C1SCCSC1C. The third-order valence-electron chi connectivity index (χ3n) is 3.67. The number of anilines is 1. The summed E-state index contributed by atoms with van der Waals surface area (Å²) in [5.41, 5.74) is 8.12. The zero-order valence-corrected chi connectivity index (χ0v) is 14.0. The lowest BCUT2D eigenvalue weighted by Crippen LogP contribution is -2.46. The summed E-state index contributed by atoms with van der Waals surface area (Å²) in [6, 6.07) is 2.38. The lowest BCUT2D eigenvalue weighted by molar-refractivity contribution is 0.486. The van der Waals surface area contributed by atoms with Gasteiger partial charge in [0, 0.05) is 46.1 Å². The first-order valence-electron chi connectivity index (χ1n) is 7.37. The van der Waals surface area contributed by atoms with Crippen LogP contribution in [0.1, 0.15) is 25.8 Å². The molecule has 2 heterocycles. The minimum atomic E-state index is 0.481. The molecule has 0 aliphatic carbocycles. The first kappa shape index (κ1) is 16.0. The Kier molecular flexibility index (Phi) is 6.52. The molecule has 5 heteroatoms. The van der Waals surface area contributed by atoms with Gasteiger partial charge in [0.05, 0.1) is 0 Å². The zero-order valence-electron chi connectivity index (χ0n) is 12.3. The van der Waals surface area contributed by atoms with Crippen LogP contribution in [-0.4, -0.2) is 39.6 Å². The molecule has 1 aliphatic heterocycles. The number of nitrogen functional groups attached to an aromatic ring is 1. The lowest BCUT2D eigenvalue weighted by Gasteiger charge is -2.35. The lowest BCUT2D eigenvalue weighted by atomic mass is 10.0. The Bertz CT molecular complexity index is 414. The Labute approximate surface area is 130 Å². The van der Waals surface area contributed by atoms with Crippen molar-refractivity contribution in [3.05, 3.63) is 24.0 Å². The molecule has 1 aromatic rings. The van der Waals surface area contributed by atoms with E-state index < -0.39 is 0 Å². The van der Waals surface area contributed by atoms with Crippen LogP contribution in [0.2, 0.25) is 0 Å². The van der Waals surface area contributed by atoms with E-state index in [1.54, 1.807) is 6.20 Å². The van der Waals surface area contributed by atoms with Crippen molar-refractivity contribution in [2.75, 3.05) is 23.8 Å². The molecule has 3 unspecified atom stereocenters. The highest BCUT2D eigenvalue weighted by atomic mass is 32.2. The van der Waals surface area contributed by atoms with Gasteiger partial charge in [-0.05, 0) is 31.0 Å². The molecule has 0 bridgehead atoms. The third kappa shape index (κ3) is 4.30. The predicted molar refractivity (Wildman–Crippen MR) is 92.6 cm³/mol. The first-order chi connectivity index (χ1) is 9.72. The van der Waals surface area contributed by atoms with Crippen LogP contribution in [0, 0.1) is 0 Å². The Morgan fingerprint density at radius 2 is 2.25 bits per heavy atom. The van der Waals surface area contributed by atoms with E-state index >= 15 is 0 Å². The number of hydrogen-bond donors (Lipinski definition) is 2. The molecule has 1 saturated heterocycles. The van der Waals surface area contributed by atoms with Crippen LogP contribution in [0.4, 0.5) is 5.69 Å². The Hall–Kier alpha value is -0.390. The number of hydrogen-bond acceptors (Lipinski definition) is 5. The van der Waals surface area contributed by atoms with Gasteiger partial charge in [0.2, 0.25) is 0 Å². The van der Waals surface area contributed by atoms with E-state index in [-0.39, 0.29) is 0 Å². The standard InChI is InChI=1S/C15H25N3S2/c1-3-5-18-14(15-11(2)19-7-8-20-15)9-12-10-17-6-4-13(12)16/h4,6,10-11,14-15,18H,3,5,7-9H2,1-2H3,(H2,16,17). The van der Waals surface area contributed by atoms with Crippen LogP contribution in [0.5, 0.6) is 0 Å². The van der Waals surface area contributed by atoms with Crippen molar-refractivity contribution < 1.29 is 0 Å². The summed E-state index contributed by atoms with van der Waals surface area (Å²) in [6.07, 6.45) is 5.82. The summed E-state index contributed by atoms with van der Waals surface area (Å²) in [4.78, 5) is 4.22. The molecule has 0 spiro atoms. The van der Waals surface area contributed by atoms with Gasteiger partial charge in [-0.1, -0.05) is 13.8 Å². The third-order valence-corrected chi connectivity index (χ3v) is 6.92. The maximum atomic E-state index is 6.08. The maximum Gasteiger partial charge on any atom is 0.0378 e. The monoisotopic (exact) mass is 311 g/mol. The van der Waals surface area contributed by atoms with Crippen molar-refractivity contribution in [3.63, 3.8) is 0 Å². The highest BCUT2D eigenvalue weighted by molar-refractivity contribution is 8.07. The number of rotatable bonds is 6. The molecule has 112 valence electrons. The molecule has 3 atom stereocenters. The molecule has 2 rings (SSSR count). The van der Waals surface area contributed by atoms with E-state index in [1.165, 1.54) is 17.1 Å². The van der Waals surface area contributed by atoms with Crippen molar-refractivity contribution in [3.8, 4) is 0 Å². The number of nitrogens with two attached hydrogens (primary N) is 1.